The molecule has 0 aliphatic heterocycles. The van der Waals surface area contributed by atoms with Gasteiger partial charge < -0.3 is 0 Å². The molecule has 1 unspecified atom stereocenters. The maximum Gasteiger partial charge on any atom is 0.00424 e. The number of benzene rings is 4. The molecule has 0 heterocycles. The van der Waals surface area contributed by atoms with Crippen molar-refractivity contribution in [3.63, 3.8) is 0 Å². The Morgan fingerprint density at radius 1 is 0.694 bits per heavy atom. The molecule has 0 radical (unpaired) electrons. The molecule has 4 aromatic carbocycles. The van der Waals surface area contributed by atoms with E-state index in [1.165, 1.54) is 55.7 Å². The van der Waals surface area contributed by atoms with E-state index in [4.69, 9.17) is 0 Å². The highest BCUT2D eigenvalue weighted by Crippen LogP contribution is 2.28. The Bertz CT molecular complexity index is 1320. The Hall–Kier alpha value is -3.64. The van der Waals surface area contributed by atoms with E-state index in [1.807, 2.05) is 0 Å². The minimum absolute atomic E-state index is 0.330. The van der Waals surface area contributed by atoms with Gasteiger partial charge in [-0.05, 0) is 85.9 Å². The molecule has 0 aromatic heterocycles. The normalized spacial score (nSPS) is 12.4. The molecule has 36 heavy (non-hydrogen) atoms. The summed E-state index contributed by atoms with van der Waals surface area (Å²) >= 11 is 0. The Labute approximate surface area is 218 Å². The van der Waals surface area contributed by atoms with Crippen LogP contribution in [0.15, 0.2) is 115 Å². The molecule has 0 saturated heterocycles. The molecular formula is C36H38. The van der Waals surface area contributed by atoms with Crippen molar-refractivity contribution in [2.24, 2.45) is 5.92 Å². The van der Waals surface area contributed by atoms with Crippen molar-refractivity contribution in [2.45, 2.75) is 47.0 Å². The number of allylic oxidation sites excluding steroid dienone is 2. The van der Waals surface area contributed by atoms with Gasteiger partial charge in [-0.15, -0.1) is 0 Å². The predicted octanol–water partition coefficient (Wildman–Crippen LogP) is 9.59. The number of rotatable bonds is 9. The van der Waals surface area contributed by atoms with Gasteiger partial charge in [0.2, 0.25) is 0 Å². The number of aryl methyl sites for hydroxylation is 4. The van der Waals surface area contributed by atoms with Crippen molar-refractivity contribution in [1.82, 2.24) is 0 Å². The molecule has 0 aliphatic carbocycles. The predicted molar refractivity (Wildman–Crippen MR) is 157 cm³/mol. The zero-order chi connectivity index (χ0) is 25.5. The van der Waals surface area contributed by atoms with E-state index in [1.54, 1.807) is 0 Å². The summed E-state index contributed by atoms with van der Waals surface area (Å²) in [6.07, 6.45) is 5.49. The second-order valence-electron chi connectivity index (χ2n) is 10.2. The van der Waals surface area contributed by atoms with E-state index in [-0.39, 0.29) is 0 Å². The van der Waals surface area contributed by atoms with Gasteiger partial charge in [-0.2, -0.15) is 0 Å². The molecule has 0 heteroatoms. The lowest BCUT2D eigenvalue weighted by Crippen LogP contribution is -2.08. The molecule has 4 aromatic rings. The van der Waals surface area contributed by atoms with Crippen LogP contribution in [-0.4, -0.2) is 0 Å². The van der Waals surface area contributed by atoms with Crippen LogP contribution in [0.1, 0.15) is 47.2 Å². The fraction of sp³-hybridized carbons (Fsp3) is 0.222. The number of hydrogen-bond donors (Lipinski definition) is 0. The second kappa shape index (κ2) is 11.9. The van der Waals surface area contributed by atoms with Gasteiger partial charge in [0.1, 0.15) is 0 Å². The smallest absolute Gasteiger partial charge is 0.00424 e. The Kier molecular flexibility index (Phi) is 8.39. The molecule has 0 bridgehead atoms. The average Bonchev–Trinajstić information content (AvgIpc) is 2.88. The summed E-state index contributed by atoms with van der Waals surface area (Å²) in [5.41, 5.74) is 13.1. The van der Waals surface area contributed by atoms with Gasteiger partial charge in [0.15, 0.2) is 0 Å². The van der Waals surface area contributed by atoms with Crippen LogP contribution in [0.2, 0.25) is 0 Å². The minimum Gasteiger partial charge on any atom is -0.0995 e. The summed E-state index contributed by atoms with van der Waals surface area (Å²) in [7, 11) is 0. The van der Waals surface area contributed by atoms with E-state index < -0.39 is 0 Å². The van der Waals surface area contributed by atoms with Gasteiger partial charge >= 0.3 is 0 Å². The van der Waals surface area contributed by atoms with E-state index in [0.29, 0.717) is 5.92 Å². The molecule has 4 rings (SSSR count). The van der Waals surface area contributed by atoms with Gasteiger partial charge in [-0.1, -0.05) is 126 Å². The van der Waals surface area contributed by atoms with Gasteiger partial charge in [0, 0.05) is 5.92 Å². The lowest BCUT2D eigenvalue weighted by molar-refractivity contribution is 0.714. The lowest BCUT2D eigenvalue weighted by atomic mass is 9.85. The third-order valence-electron chi connectivity index (χ3n) is 7.19. The Balaban J connectivity index is 1.45. The molecule has 0 fully saturated rings. The van der Waals surface area contributed by atoms with Crippen LogP contribution in [0.5, 0.6) is 0 Å². The van der Waals surface area contributed by atoms with Gasteiger partial charge in [0.25, 0.3) is 0 Å². The van der Waals surface area contributed by atoms with Crippen molar-refractivity contribution in [3.05, 3.63) is 148 Å². The third kappa shape index (κ3) is 6.73. The summed E-state index contributed by atoms with van der Waals surface area (Å²) in [5, 5.41) is 0. The van der Waals surface area contributed by atoms with Gasteiger partial charge in [-0.3, -0.25) is 0 Å². The van der Waals surface area contributed by atoms with Crippen molar-refractivity contribution < 1.29 is 0 Å². The van der Waals surface area contributed by atoms with E-state index >= 15 is 0 Å². The highest BCUT2D eigenvalue weighted by atomic mass is 14.2. The topological polar surface area (TPSA) is 0 Å². The molecule has 0 spiro atoms. The first-order valence-electron chi connectivity index (χ1n) is 13.0. The minimum atomic E-state index is 0.330. The van der Waals surface area contributed by atoms with Crippen molar-refractivity contribution in [2.75, 3.05) is 0 Å². The van der Waals surface area contributed by atoms with Crippen molar-refractivity contribution in [3.8, 4) is 11.1 Å². The number of hydrogen-bond acceptors (Lipinski definition) is 0. The van der Waals surface area contributed by atoms with Gasteiger partial charge in [0.05, 0.1) is 0 Å². The molecule has 0 nitrogen and oxygen atoms in total. The van der Waals surface area contributed by atoms with Crippen LogP contribution in [-0.2, 0) is 19.3 Å². The summed E-state index contributed by atoms with van der Waals surface area (Å²) in [5.74, 6) is 0.330. The largest absolute Gasteiger partial charge is 0.0995 e. The summed E-state index contributed by atoms with van der Waals surface area (Å²) in [4.78, 5) is 0. The quantitative estimate of drug-likeness (QED) is 0.214. The van der Waals surface area contributed by atoms with Gasteiger partial charge in [-0.25, -0.2) is 0 Å². The van der Waals surface area contributed by atoms with E-state index in [2.05, 4.69) is 137 Å². The zero-order valence-electron chi connectivity index (χ0n) is 22.2. The van der Waals surface area contributed by atoms with Crippen molar-refractivity contribution >= 4 is 6.08 Å². The monoisotopic (exact) mass is 470 g/mol. The fourth-order valence-corrected chi connectivity index (χ4v) is 4.84. The lowest BCUT2D eigenvalue weighted by Gasteiger charge is -2.19. The maximum atomic E-state index is 4.34. The summed E-state index contributed by atoms with van der Waals surface area (Å²) < 4.78 is 0. The van der Waals surface area contributed by atoms with Crippen LogP contribution >= 0.6 is 0 Å². The SMILES string of the molecule is C=C(C)C(Cc1ccc(CCc2ccccc2)cc1)/C(C)=C/c1ccc(-c2ccc(C)cc2)cc1C. The maximum absolute atomic E-state index is 4.34. The first-order valence-corrected chi connectivity index (χ1v) is 13.0. The molecule has 0 N–H and O–H groups in total. The van der Waals surface area contributed by atoms with Crippen LogP contribution < -0.4 is 0 Å². The standard InChI is InChI=1S/C36H38/c1-26(2)36(25-32-17-15-31(16-18-32)14-13-30-9-7-6-8-10-30)29(5)24-34-21-22-35(23-28(34)4)33-19-11-27(3)12-20-33/h6-12,15-24,36H,1,13-14,25H2,2-5H3/b29-24+. The first-order chi connectivity index (χ1) is 17.4. The van der Waals surface area contributed by atoms with Crippen molar-refractivity contribution in [1.29, 1.82) is 0 Å². The fourth-order valence-electron chi connectivity index (χ4n) is 4.84. The Morgan fingerprint density at radius 2 is 1.28 bits per heavy atom. The highest BCUT2D eigenvalue weighted by Gasteiger charge is 2.14. The first kappa shape index (κ1) is 25.5. The molecule has 0 saturated carbocycles. The average molecular weight is 471 g/mol. The van der Waals surface area contributed by atoms with E-state index in [9.17, 15) is 0 Å². The zero-order valence-corrected chi connectivity index (χ0v) is 22.2. The molecule has 1 atom stereocenters. The summed E-state index contributed by atoms with van der Waals surface area (Å²) in [6, 6.07) is 35.5. The van der Waals surface area contributed by atoms with E-state index in [0.717, 1.165) is 19.3 Å². The Morgan fingerprint density at radius 3 is 1.89 bits per heavy atom. The molecular weight excluding hydrogens is 432 g/mol. The molecule has 0 aliphatic rings. The molecule has 182 valence electrons. The van der Waals surface area contributed by atoms with Crippen LogP contribution in [0.4, 0.5) is 0 Å². The molecule has 0 amide bonds. The highest BCUT2D eigenvalue weighted by molar-refractivity contribution is 5.68. The second-order valence-corrected chi connectivity index (χ2v) is 10.2. The van der Waals surface area contributed by atoms with Crippen LogP contribution in [0.3, 0.4) is 0 Å². The van der Waals surface area contributed by atoms with Crippen LogP contribution in [0.25, 0.3) is 17.2 Å². The summed E-state index contributed by atoms with van der Waals surface area (Å²) in [6.45, 7) is 13.1. The third-order valence-corrected chi connectivity index (χ3v) is 7.19. The van der Waals surface area contributed by atoms with Crippen LogP contribution in [0, 0.1) is 19.8 Å².